The SMILES string of the molecule is Nc1cc(F)ccc1C(=O)N(CCO)C1CCS(=O)(=O)C1. The van der Waals surface area contributed by atoms with Crippen LogP contribution in [-0.2, 0) is 9.84 Å². The maximum atomic E-state index is 13.0. The van der Waals surface area contributed by atoms with Gasteiger partial charge in [0, 0.05) is 18.3 Å². The molecule has 1 aromatic carbocycles. The smallest absolute Gasteiger partial charge is 0.256 e. The highest BCUT2D eigenvalue weighted by molar-refractivity contribution is 7.91. The molecule has 8 heteroatoms. The van der Waals surface area contributed by atoms with Crippen LogP contribution in [0.3, 0.4) is 0 Å². The summed E-state index contributed by atoms with van der Waals surface area (Å²) in [6.07, 6.45) is 0.329. The number of nitrogens with zero attached hydrogens (tertiary/aromatic N) is 1. The van der Waals surface area contributed by atoms with Gasteiger partial charge < -0.3 is 15.7 Å². The van der Waals surface area contributed by atoms with Gasteiger partial charge >= 0.3 is 0 Å². The molecule has 0 aromatic heterocycles. The van der Waals surface area contributed by atoms with Crippen LogP contribution < -0.4 is 5.73 Å². The van der Waals surface area contributed by atoms with E-state index in [0.717, 1.165) is 12.1 Å². The maximum Gasteiger partial charge on any atom is 0.256 e. The Morgan fingerprint density at radius 2 is 2.19 bits per heavy atom. The van der Waals surface area contributed by atoms with E-state index in [1.165, 1.54) is 11.0 Å². The van der Waals surface area contributed by atoms with E-state index in [4.69, 9.17) is 10.8 Å². The minimum atomic E-state index is -3.16. The Bertz CT molecular complexity index is 648. The van der Waals surface area contributed by atoms with Crippen LogP contribution >= 0.6 is 0 Å². The van der Waals surface area contributed by atoms with Crippen molar-refractivity contribution in [1.29, 1.82) is 0 Å². The Labute approximate surface area is 122 Å². The Balaban J connectivity index is 2.27. The molecule has 1 amide bonds. The number of sulfone groups is 1. The average molecular weight is 316 g/mol. The molecule has 1 aromatic rings. The van der Waals surface area contributed by atoms with E-state index < -0.39 is 27.6 Å². The number of nitrogens with two attached hydrogens (primary N) is 1. The molecule has 1 heterocycles. The molecule has 0 saturated carbocycles. The molecule has 0 radical (unpaired) electrons. The number of rotatable bonds is 4. The van der Waals surface area contributed by atoms with Crippen LogP contribution in [0.2, 0.25) is 0 Å². The van der Waals surface area contributed by atoms with Crippen LogP contribution in [0.4, 0.5) is 10.1 Å². The number of benzene rings is 1. The number of hydrogen-bond acceptors (Lipinski definition) is 5. The van der Waals surface area contributed by atoms with Crippen molar-refractivity contribution in [3.05, 3.63) is 29.6 Å². The Morgan fingerprint density at radius 1 is 1.48 bits per heavy atom. The number of carbonyl (C=O) groups is 1. The molecule has 1 fully saturated rings. The highest BCUT2D eigenvalue weighted by Gasteiger charge is 2.35. The molecule has 21 heavy (non-hydrogen) atoms. The van der Waals surface area contributed by atoms with Crippen LogP contribution in [0.5, 0.6) is 0 Å². The first-order chi connectivity index (χ1) is 9.84. The number of hydrogen-bond donors (Lipinski definition) is 2. The van der Waals surface area contributed by atoms with Gasteiger partial charge in [-0.05, 0) is 24.6 Å². The van der Waals surface area contributed by atoms with E-state index in [-0.39, 0.29) is 35.9 Å². The minimum absolute atomic E-state index is 0.00976. The number of halogens is 1. The lowest BCUT2D eigenvalue weighted by Gasteiger charge is -2.28. The summed E-state index contributed by atoms with van der Waals surface area (Å²) in [6.45, 7) is -0.279. The summed E-state index contributed by atoms with van der Waals surface area (Å²) < 4.78 is 36.1. The molecule has 0 aliphatic carbocycles. The van der Waals surface area contributed by atoms with Crippen molar-refractivity contribution >= 4 is 21.4 Å². The fourth-order valence-corrected chi connectivity index (χ4v) is 4.19. The molecule has 1 aliphatic rings. The summed E-state index contributed by atoms with van der Waals surface area (Å²) in [6, 6.07) is 2.93. The lowest BCUT2D eigenvalue weighted by molar-refractivity contribution is 0.0656. The summed E-state index contributed by atoms with van der Waals surface area (Å²) in [7, 11) is -3.16. The van der Waals surface area contributed by atoms with Gasteiger partial charge in [0.1, 0.15) is 5.82 Å². The maximum absolute atomic E-state index is 13.0. The molecule has 1 saturated heterocycles. The predicted molar refractivity (Wildman–Crippen MR) is 76.0 cm³/mol. The van der Waals surface area contributed by atoms with E-state index in [0.29, 0.717) is 6.42 Å². The second-order valence-corrected chi connectivity index (χ2v) is 7.24. The van der Waals surface area contributed by atoms with Crippen molar-refractivity contribution in [2.24, 2.45) is 0 Å². The molecule has 6 nitrogen and oxygen atoms in total. The van der Waals surface area contributed by atoms with Crippen molar-refractivity contribution in [2.75, 3.05) is 30.4 Å². The van der Waals surface area contributed by atoms with Gasteiger partial charge in [-0.25, -0.2) is 12.8 Å². The zero-order valence-electron chi connectivity index (χ0n) is 11.3. The third kappa shape index (κ3) is 3.51. The van der Waals surface area contributed by atoms with Gasteiger partial charge in [-0.3, -0.25) is 4.79 Å². The first-order valence-electron chi connectivity index (χ1n) is 6.51. The van der Waals surface area contributed by atoms with Gasteiger partial charge in [0.05, 0.1) is 23.7 Å². The third-order valence-corrected chi connectivity index (χ3v) is 5.25. The van der Waals surface area contributed by atoms with E-state index >= 15 is 0 Å². The van der Waals surface area contributed by atoms with Crippen molar-refractivity contribution in [1.82, 2.24) is 4.90 Å². The molecule has 0 bridgehead atoms. The molecule has 1 unspecified atom stereocenters. The van der Waals surface area contributed by atoms with Crippen LogP contribution in [0.1, 0.15) is 16.8 Å². The van der Waals surface area contributed by atoms with E-state index in [2.05, 4.69) is 0 Å². The van der Waals surface area contributed by atoms with Gasteiger partial charge in [0.25, 0.3) is 5.91 Å². The summed E-state index contributed by atoms with van der Waals surface area (Å²) >= 11 is 0. The lowest BCUT2D eigenvalue weighted by Crippen LogP contribution is -2.43. The van der Waals surface area contributed by atoms with Crippen LogP contribution in [0.15, 0.2) is 18.2 Å². The fraction of sp³-hybridized carbons (Fsp3) is 0.462. The quantitative estimate of drug-likeness (QED) is 0.763. The van der Waals surface area contributed by atoms with Crippen LogP contribution in [0.25, 0.3) is 0 Å². The molecule has 3 N–H and O–H groups in total. The van der Waals surface area contributed by atoms with Crippen LogP contribution in [0, 0.1) is 5.82 Å². The fourth-order valence-electron chi connectivity index (χ4n) is 2.46. The molecular weight excluding hydrogens is 299 g/mol. The van der Waals surface area contributed by atoms with Gasteiger partial charge in [-0.2, -0.15) is 0 Å². The zero-order valence-corrected chi connectivity index (χ0v) is 12.1. The minimum Gasteiger partial charge on any atom is -0.398 e. The topological polar surface area (TPSA) is 101 Å². The highest BCUT2D eigenvalue weighted by Crippen LogP contribution is 2.22. The van der Waals surface area contributed by atoms with Gasteiger partial charge in [0.15, 0.2) is 9.84 Å². The first kappa shape index (κ1) is 15.7. The summed E-state index contributed by atoms with van der Waals surface area (Å²) in [5.41, 5.74) is 5.74. The largest absolute Gasteiger partial charge is 0.398 e. The Hall–Kier alpha value is -1.67. The highest BCUT2D eigenvalue weighted by atomic mass is 32.2. The molecule has 1 atom stereocenters. The monoisotopic (exact) mass is 316 g/mol. The normalized spacial score (nSPS) is 20.4. The van der Waals surface area contributed by atoms with Gasteiger partial charge in [0.2, 0.25) is 0 Å². The number of nitrogen functional groups attached to an aromatic ring is 1. The second kappa shape index (κ2) is 5.98. The number of anilines is 1. The van der Waals surface area contributed by atoms with Gasteiger partial charge in [-0.15, -0.1) is 0 Å². The Morgan fingerprint density at radius 3 is 2.71 bits per heavy atom. The molecular formula is C13H17FN2O4S. The number of aliphatic hydroxyl groups is 1. The van der Waals surface area contributed by atoms with E-state index in [9.17, 15) is 17.6 Å². The Kier molecular flexibility index (Phi) is 4.48. The predicted octanol–water partition coefficient (Wildman–Crippen LogP) is 0.0295. The zero-order chi connectivity index (χ0) is 15.6. The molecule has 116 valence electrons. The average Bonchev–Trinajstić information content (AvgIpc) is 2.75. The van der Waals surface area contributed by atoms with Crippen molar-refractivity contribution in [3.63, 3.8) is 0 Å². The molecule has 2 rings (SSSR count). The van der Waals surface area contributed by atoms with E-state index in [1.54, 1.807) is 0 Å². The molecule has 0 spiro atoms. The first-order valence-corrected chi connectivity index (χ1v) is 8.33. The number of amides is 1. The van der Waals surface area contributed by atoms with Crippen molar-refractivity contribution in [3.8, 4) is 0 Å². The summed E-state index contributed by atoms with van der Waals surface area (Å²) in [5, 5.41) is 9.10. The lowest BCUT2D eigenvalue weighted by atomic mass is 10.1. The second-order valence-electron chi connectivity index (χ2n) is 5.01. The third-order valence-electron chi connectivity index (χ3n) is 3.49. The standard InChI is InChI=1S/C13H17FN2O4S/c14-9-1-2-11(12(15)7-9)13(18)16(4-5-17)10-3-6-21(19,20)8-10/h1-2,7,10,17H,3-6,8,15H2. The van der Waals surface area contributed by atoms with Gasteiger partial charge in [-0.1, -0.05) is 0 Å². The van der Waals surface area contributed by atoms with E-state index in [1.807, 2.05) is 0 Å². The summed E-state index contributed by atoms with van der Waals surface area (Å²) in [5.74, 6) is -1.16. The van der Waals surface area contributed by atoms with Crippen molar-refractivity contribution in [2.45, 2.75) is 12.5 Å². The summed E-state index contributed by atoms with van der Waals surface area (Å²) in [4.78, 5) is 13.8. The molecule has 1 aliphatic heterocycles. The van der Waals surface area contributed by atoms with Crippen molar-refractivity contribution < 1.29 is 22.7 Å². The number of aliphatic hydroxyl groups excluding tert-OH is 1. The van der Waals surface area contributed by atoms with Crippen LogP contribution in [-0.4, -0.2) is 55.0 Å². The number of carbonyl (C=O) groups excluding carboxylic acids is 1.